The largest absolute Gasteiger partial charge is 0.494 e. The van der Waals surface area contributed by atoms with E-state index in [2.05, 4.69) is 30.5 Å². The van der Waals surface area contributed by atoms with Crippen molar-refractivity contribution in [2.75, 3.05) is 26.2 Å². The molecular weight excluding hydrogens is 324 g/mol. The second kappa shape index (κ2) is 8.09. The molecule has 0 spiro atoms. The maximum Gasteiger partial charge on any atom is 0.218 e. The van der Waals surface area contributed by atoms with Crippen molar-refractivity contribution in [2.45, 2.75) is 40.5 Å². The van der Waals surface area contributed by atoms with Gasteiger partial charge in [-0.2, -0.15) is 0 Å². The van der Waals surface area contributed by atoms with E-state index in [1.165, 1.54) is 17.7 Å². The van der Waals surface area contributed by atoms with Crippen molar-refractivity contribution in [3.05, 3.63) is 47.3 Å². The Morgan fingerprint density at radius 2 is 1.85 bits per heavy atom. The fraction of sp³-hybridized carbons (Fsp3) is 0.500. The molecule has 3 rings (SSSR count). The Labute approximate surface area is 156 Å². The Bertz CT molecular complexity index is 753. The van der Waals surface area contributed by atoms with Gasteiger partial charge in [0.2, 0.25) is 5.78 Å². The highest BCUT2D eigenvalue weighted by molar-refractivity contribution is 5.98. The van der Waals surface area contributed by atoms with Crippen molar-refractivity contribution < 1.29 is 14.4 Å². The van der Waals surface area contributed by atoms with Gasteiger partial charge >= 0.3 is 0 Å². The van der Waals surface area contributed by atoms with Crippen LogP contribution in [0.1, 0.15) is 48.4 Å². The maximum absolute atomic E-state index is 12.9. The van der Waals surface area contributed by atoms with Gasteiger partial charge in [-0.3, -0.25) is 4.79 Å². The zero-order chi connectivity index (χ0) is 18.7. The molecule has 0 bridgehead atoms. The van der Waals surface area contributed by atoms with Gasteiger partial charge in [0.15, 0.2) is 0 Å². The van der Waals surface area contributed by atoms with Crippen LogP contribution in [0.3, 0.4) is 0 Å². The lowest BCUT2D eigenvalue weighted by atomic mass is 9.99. The van der Waals surface area contributed by atoms with Crippen LogP contribution in [0.4, 0.5) is 0 Å². The smallest absolute Gasteiger partial charge is 0.218 e. The van der Waals surface area contributed by atoms with Crippen LogP contribution in [0, 0.1) is 19.8 Å². The van der Waals surface area contributed by atoms with Crippen molar-refractivity contribution in [1.82, 2.24) is 4.57 Å². The van der Waals surface area contributed by atoms with Gasteiger partial charge < -0.3 is 14.2 Å². The number of carbonyl (C=O) groups is 1. The molecule has 0 atom stereocenters. The number of benzene rings is 1. The summed E-state index contributed by atoms with van der Waals surface area (Å²) in [6.07, 6.45) is 2.46. The first-order valence-electron chi connectivity index (χ1n) is 9.78. The maximum atomic E-state index is 12.9. The molecule has 0 aliphatic carbocycles. The number of piperidine rings is 1. The molecule has 1 N–H and O–H groups in total. The minimum atomic E-state index is 0.264. The molecule has 4 nitrogen and oxygen atoms in total. The van der Waals surface area contributed by atoms with E-state index < -0.39 is 0 Å². The van der Waals surface area contributed by atoms with E-state index in [-0.39, 0.29) is 5.78 Å². The molecular formula is C22H31N2O2+. The lowest BCUT2D eigenvalue weighted by Crippen LogP contribution is -3.13. The highest BCUT2D eigenvalue weighted by Crippen LogP contribution is 2.23. The monoisotopic (exact) mass is 355 g/mol. The van der Waals surface area contributed by atoms with E-state index in [1.807, 2.05) is 32.0 Å². The van der Waals surface area contributed by atoms with Gasteiger partial charge in [-0.25, -0.2) is 0 Å². The van der Waals surface area contributed by atoms with Crippen molar-refractivity contribution in [3.63, 3.8) is 0 Å². The van der Waals surface area contributed by atoms with Gasteiger partial charge in [0.05, 0.1) is 19.7 Å². The summed E-state index contributed by atoms with van der Waals surface area (Å²) >= 11 is 0. The third-order valence-corrected chi connectivity index (χ3v) is 5.53. The van der Waals surface area contributed by atoms with Crippen LogP contribution >= 0.6 is 0 Å². The topological polar surface area (TPSA) is 35.7 Å². The summed E-state index contributed by atoms with van der Waals surface area (Å²) in [4.78, 5) is 14.3. The zero-order valence-corrected chi connectivity index (χ0v) is 16.5. The molecule has 0 unspecified atom stereocenters. The molecule has 0 amide bonds. The molecule has 0 saturated carbocycles. The Kier molecular flexibility index (Phi) is 5.82. The number of aromatic nitrogens is 1. The van der Waals surface area contributed by atoms with Gasteiger partial charge in [0, 0.05) is 22.6 Å². The van der Waals surface area contributed by atoms with Gasteiger partial charge in [0.1, 0.15) is 12.3 Å². The Balaban J connectivity index is 1.77. The van der Waals surface area contributed by atoms with E-state index in [1.54, 1.807) is 0 Å². The third kappa shape index (κ3) is 4.01. The first-order valence-corrected chi connectivity index (χ1v) is 9.78. The highest BCUT2D eigenvalue weighted by atomic mass is 16.5. The predicted molar refractivity (Wildman–Crippen MR) is 105 cm³/mol. The molecule has 1 aromatic carbocycles. The van der Waals surface area contributed by atoms with Crippen LogP contribution in [0.2, 0.25) is 0 Å². The summed E-state index contributed by atoms with van der Waals surface area (Å²) < 4.78 is 7.69. The lowest BCUT2D eigenvalue weighted by molar-refractivity contribution is -0.897. The first kappa shape index (κ1) is 18.7. The van der Waals surface area contributed by atoms with Crippen LogP contribution < -0.4 is 9.64 Å². The van der Waals surface area contributed by atoms with E-state index in [4.69, 9.17) is 4.74 Å². The second-order valence-corrected chi connectivity index (χ2v) is 7.58. The number of likely N-dealkylation sites (tertiary alicyclic amines) is 1. The van der Waals surface area contributed by atoms with Gasteiger partial charge in [0.25, 0.3) is 0 Å². The third-order valence-electron chi connectivity index (χ3n) is 5.53. The fourth-order valence-corrected chi connectivity index (χ4v) is 3.97. The van der Waals surface area contributed by atoms with Crippen LogP contribution in [-0.4, -0.2) is 36.6 Å². The number of hydrogen-bond donors (Lipinski definition) is 1. The summed E-state index contributed by atoms with van der Waals surface area (Å²) in [5.74, 6) is 1.94. The predicted octanol–water partition coefficient (Wildman–Crippen LogP) is 2.99. The van der Waals surface area contributed by atoms with Crippen LogP contribution in [-0.2, 0) is 0 Å². The number of nitrogens with zero attached hydrogens (tertiary/aromatic N) is 1. The zero-order valence-electron chi connectivity index (χ0n) is 16.5. The number of carbonyl (C=O) groups excluding carboxylic acids is 1. The molecule has 1 fully saturated rings. The summed E-state index contributed by atoms with van der Waals surface area (Å²) in [6, 6.07) is 10.1. The molecule has 1 saturated heterocycles. The molecule has 1 aliphatic heterocycles. The molecule has 0 radical (unpaired) electrons. The average Bonchev–Trinajstić information content (AvgIpc) is 2.93. The number of nitrogens with one attached hydrogen (secondary N) is 1. The molecule has 2 heterocycles. The summed E-state index contributed by atoms with van der Waals surface area (Å²) in [5, 5.41) is 0. The van der Waals surface area contributed by atoms with Crippen LogP contribution in [0.25, 0.3) is 5.69 Å². The lowest BCUT2D eigenvalue weighted by Gasteiger charge is -2.26. The summed E-state index contributed by atoms with van der Waals surface area (Å²) in [5.41, 5.74) is 4.06. The average molecular weight is 356 g/mol. The summed E-state index contributed by atoms with van der Waals surface area (Å²) in [6.45, 7) is 11.9. The summed E-state index contributed by atoms with van der Waals surface area (Å²) in [7, 11) is 0. The van der Waals surface area contributed by atoms with Crippen LogP contribution in [0.15, 0.2) is 30.3 Å². The molecule has 1 aliphatic rings. The van der Waals surface area contributed by atoms with Gasteiger partial charge in [-0.1, -0.05) is 6.92 Å². The standard InChI is InChI=1S/C22H30N2O2/c1-5-26-20-8-6-19(7-9-20)24-17(3)14-21(18(24)4)22(25)15-23-12-10-16(2)11-13-23/h6-9,14,16H,5,10-13,15H2,1-4H3/p+1. The van der Waals surface area contributed by atoms with Gasteiger partial charge in [-0.05, 0) is 69.9 Å². The Morgan fingerprint density at radius 1 is 1.19 bits per heavy atom. The fourth-order valence-electron chi connectivity index (χ4n) is 3.97. The minimum absolute atomic E-state index is 0.264. The van der Waals surface area contributed by atoms with E-state index in [0.29, 0.717) is 13.2 Å². The van der Waals surface area contributed by atoms with Crippen molar-refractivity contribution in [3.8, 4) is 11.4 Å². The normalized spacial score (nSPS) is 20.2. The van der Waals surface area contributed by atoms with Crippen molar-refractivity contribution >= 4 is 5.78 Å². The van der Waals surface area contributed by atoms with E-state index in [9.17, 15) is 4.79 Å². The quantitative estimate of drug-likeness (QED) is 0.809. The molecule has 26 heavy (non-hydrogen) atoms. The number of Topliss-reactive ketones (excluding diaryl/α,β-unsaturated/α-hetero) is 1. The SMILES string of the molecule is CCOc1ccc(-n2c(C)cc(C(=O)C[NH+]3CCC(C)CC3)c2C)cc1. The van der Waals surface area contributed by atoms with Gasteiger partial charge in [-0.15, -0.1) is 0 Å². The molecule has 1 aromatic heterocycles. The Hall–Kier alpha value is -2.07. The van der Waals surface area contributed by atoms with Crippen molar-refractivity contribution in [2.24, 2.45) is 5.92 Å². The molecule has 4 heteroatoms. The minimum Gasteiger partial charge on any atom is -0.494 e. The van der Waals surface area contributed by atoms with Crippen LogP contribution in [0.5, 0.6) is 5.75 Å². The number of ketones is 1. The van der Waals surface area contributed by atoms with E-state index >= 15 is 0 Å². The van der Waals surface area contributed by atoms with E-state index in [0.717, 1.165) is 47.4 Å². The highest BCUT2D eigenvalue weighted by Gasteiger charge is 2.24. The first-order chi connectivity index (χ1) is 12.5. The number of quaternary nitrogens is 1. The second-order valence-electron chi connectivity index (χ2n) is 7.58. The number of ether oxygens (including phenoxy) is 1. The number of hydrogen-bond acceptors (Lipinski definition) is 2. The Morgan fingerprint density at radius 3 is 2.46 bits per heavy atom. The molecule has 2 aromatic rings. The number of aryl methyl sites for hydroxylation is 1. The van der Waals surface area contributed by atoms with Crippen molar-refractivity contribution in [1.29, 1.82) is 0 Å². The molecule has 140 valence electrons. The number of rotatable bonds is 6.